The first-order valence-corrected chi connectivity index (χ1v) is 4.46. The molecule has 0 aliphatic carbocycles. The van der Waals surface area contributed by atoms with E-state index >= 15 is 0 Å². The average molecular weight is 196 g/mol. The van der Waals surface area contributed by atoms with E-state index in [9.17, 15) is 5.11 Å². The molecule has 0 saturated heterocycles. The Kier molecular flexibility index (Phi) is 2.34. The topological polar surface area (TPSA) is 56.9 Å². The minimum Gasteiger partial charge on any atom is -0.507 e. The quantitative estimate of drug-likeness (QED) is 0.761. The second-order valence-corrected chi connectivity index (χ2v) is 3.06. The molecule has 0 saturated carbocycles. The van der Waals surface area contributed by atoms with Crippen LogP contribution in [0.3, 0.4) is 0 Å². The zero-order valence-electron chi connectivity index (χ0n) is 7.88. The van der Waals surface area contributed by atoms with E-state index in [1.165, 1.54) is 6.07 Å². The highest BCUT2D eigenvalue weighted by atomic mass is 16.3. The molecule has 2 aromatic rings. The molecule has 0 atom stereocenters. The molecule has 1 N–H and O–H groups in total. The second kappa shape index (κ2) is 3.81. The standard InChI is InChI=1S/C12H8N2O/c13-8-9-4-5-12(15)10(7-9)11-3-1-2-6-14-11/h1-7,15H. The van der Waals surface area contributed by atoms with Crippen molar-refractivity contribution in [1.82, 2.24) is 4.98 Å². The lowest BCUT2D eigenvalue weighted by Gasteiger charge is -2.03. The molecule has 0 spiro atoms. The molecule has 2 rings (SSSR count). The Hall–Kier alpha value is -2.34. The third-order valence-corrected chi connectivity index (χ3v) is 2.07. The SMILES string of the molecule is N#Cc1ccc(O)c(-c2ccccn2)c1. The lowest BCUT2D eigenvalue weighted by atomic mass is 10.1. The van der Waals surface area contributed by atoms with Gasteiger partial charge < -0.3 is 5.11 Å². The summed E-state index contributed by atoms with van der Waals surface area (Å²) in [6.45, 7) is 0. The highest BCUT2D eigenvalue weighted by molar-refractivity contribution is 5.68. The van der Waals surface area contributed by atoms with Crippen molar-refractivity contribution in [3.8, 4) is 23.1 Å². The van der Waals surface area contributed by atoms with Crippen molar-refractivity contribution in [3.63, 3.8) is 0 Å². The maximum absolute atomic E-state index is 9.63. The van der Waals surface area contributed by atoms with E-state index in [0.717, 1.165) is 0 Å². The van der Waals surface area contributed by atoms with Gasteiger partial charge in [0, 0.05) is 11.8 Å². The van der Waals surface area contributed by atoms with Gasteiger partial charge in [0.15, 0.2) is 0 Å². The number of hydrogen-bond donors (Lipinski definition) is 1. The van der Waals surface area contributed by atoms with E-state index in [4.69, 9.17) is 5.26 Å². The summed E-state index contributed by atoms with van der Waals surface area (Å²) in [4.78, 5) is 4.12. The summed E-state index contributed by atoms with van der Waals surface area (Å²) in [5.74, 6) is 0.132. The number of rotatable bonds is 1. The summed E-state index contributed by atoms with van der Waals surface area (Å²) in [6, 6.07) is 12.1. The van der Waals surface area contributed by atoms with Crippen LogP contribution in [0.15, 0.2) is 42.6 Å². The van der Waals surface area contributed by atoms with Crippen LogP contribution in [-0.2, 0) is 0 Å². The van der Waals surface area contributed by atoms with Gasteiger partial charge in [-0.3, -0.25) is 4.98 Å². The molecule has 0 radical (unpaired) electrons. The zero-order chi connectivity index (χ0) is 10.7. The number of nitrogens with zero attached hydrogens (tertiary/aromatic N) is 2. The largest absolute Gasteiger partial charge is 0.507 e. The van der Waals surface area contributed by atoms with Gasteiger partial charge in [-0.2, -0.15) is 5.26 Å². The number of aromatic nitrogens is 1. The van der Waals surface area contributed by atoms with Crippen LogP contribution < -0.4 is 0 Å². The highest BCUT2D eigenvalue weighted by Crippen LogP contribution is 2.27. The molecular weight excluding hydrogens is 188 g/mol. The summed E-state index contributed by atoms with van der Waals surface area (Å²) in [7, 11) is 0. The third kappa shape index (κ3) is 1.79. The smallest absolute Gasteiger partial charge is 0.125 e. The van der Waals surface area contributed by atoms with Gasteiger partial charge in [0.2, 0.25) is 0 Å². The summed E-state index contributed by atoms with van der Waals surface area (Å²) < 4.78 is 0. The van der Waals surface area contributed by atoms with Crippen LogP contribution in [0.2, 0.25) is 0 Å². The number of phenolic OH excluding ortho intramolecular Hbond substituents is 1. The Bertz CT molecular complexity index is 515. The first-order chi connectivity index (χ1) is 7.31. The summed E-state index contributed by atoms with van der Waals surface area (Å²) in [5.41, 5.74) is 1.75. The maximum Gasteiger partial charge on any atom is 0.125 e. The van der Waals surface area contributed by atoms with Crippen molar-refractivity contribution in [2.24, 2.45) is 0 Å². The van der Waals surface area contributed by atoms with Crippen LogP contribution in [0.1, 0.15) is 5.56 Å². The van der Waals surface area contributed by atoms with Crippen molar-refractivity contribution in [2.45, 2.75) is 0 Å². The normalized spacial score (nSPS) is 9.53. The van der Waals surface area contributed by atoms with Crippen molar-refractivity contribution in [1.29, 1.82) is 5.26 Å². The Morgan fingerprint density at radius 3 is 2.73 bits per heavy atom. The molecule has 15 heavy (non-hydrogen) atoms. The number of hydrogen-bond acceptors (Lipinski definition) is 3. The molecule has 0 aliphatic rings. The van der Waals surface area contributed by atoms with E-state index in [1.807, 2.05) is 12.1 Å². The van der Waals surface area contributed by atoms with E-state index in [2.05, 4.69) is 4.98 Å². The number of aromatic hydroxyl groups is 1. The molecule has 0 amide bonds. The fourth-order valence-corrected chi connectivity index (χ4v) is 1.33. The van der Waals surface area contributed by atoms with Gasteiger partial charge in [-0.25, -0.2) is 0 Å². The molecule has 0 aliphatic heterocycles. The van der Waals surface area contributed by atoms with E-state index < -0.39 is 0 Å². The molecular formula is C12H8N2O. The second-order valence-electron chi connectivity index (χ2n) is 3.06. The summed E-state index contributed by atoms with van der Waals surface area (Å²) in [5, 5.41) is 18.4. The van der Waals surface area contributed by atoms with Crippen LogP contribution >= 0.6 is 0 Å². The zero-order valence-corrected chi connectivity index (χ0v) is 7.88. The van der Waals surface area contributed by atoms with E-state index in [-0.39, 0.29) is 5.75 Å². The molecule has 0 unspecified atom stereocenters. The lowest BCUT2D eigenvalue weighted by molar-refractivity contribution is 0.477. The minimum atomic E-state index is 0.132. The van der Waals surface area contributed by atoms with Gasteiger partial charge in [-0.15, -0.1) is 0 Å². The van der Waals surface area contributed by atoms with Gasteiger partial charge in [-0.1, -0.05) is 6.07 Å². The molecule has 3 nitrogen and oxygen atoms in total. The first-order valence-electron chi connectivity index (χ1n) is 4.46. The Balaban J connectivity index is 2.58. The predicted octanol–water partition coefficient (Wildman–Crippen LogP) is 2.33. The lowest BCUT2D eigenvalue weighted by Crippen LogP contribution is -1.84. The average Bonchev–Trinajstić information content (AvgIpc) is 2.31. The Morgan fingerprint density at radius 2 is 2.07 bits per heavy atom. The van der Waals surface area contributed by atoms with Crippen LogP contribution in [-0.4, -0.2) is 10.1 Å². The number of benzene rings is 1. The van der Waals surface area contributed by atoms with Crippen LogP contribution in [0, 0.1) is 11.3 Å². The molecule has 1 heterocycles. The molecule has 1 aromatic heterocycles. The highest BCUT2D eigenvalue weighted by Gasteiger charge is 2.05. The summed E-state index contributed by atoms with van der Waals surface area (Å²) in [6.07, 6.45) is 1.65. The summed E-state index contributed by atoms with van der Waals surface area (Å²) >= 11 is 0. The maximum atomic E-state index is 9.63. The van der Waals surface area contributed by atoms with Crippen molar-refractivity contribution >= 4 is 0 Å². The van der Waals surface area contributed by atoms with Gasteiger partial charge in [0.25, 0.3) is 0 Å². The van der Waals surface area contributed by atoms with E-state index in [1.54, 1.807) is 30.5 Å². The van der Waals surface area contributed by atoms with Gasteiger partial charge in [-0.05, 0) is 30.3 Å². The van der Waals surface area contributed by atoms with Crippen LogP contribution in [0.4, 0.5) is 0 Å². The predicted molar refractivity (Wildman–Crippen MR) is 56.1 cm³/mol. The van der Waals surface area contributed by atoms with Gasteiger partial charge in [0.1, 0.15) is 5.75 Å². The minimum absolute atomic E-state index is 0.132. The molecule has 0 fully saturated rings. The number of nitriles is 1. The van der Waals surface area contributed by atoms with Gasteiger partial charge in [0.05, 0.1) is 17.3 Å². The van der Waals surface area contributed by atoms with Crippen molar-refractivity contribution in [2.75, 3.05) is 0 Å². The van der Waals surface area contributed by atoms with Crippen molar-refractivity contribution < 1.29 is 5.11 Å². The Morgan fingerprint density at radius 1 is 1.20 bits per heavy atom. The molecule has 72 valence electrons. The molecule has 3 heteroatoms. The van der Waals surface area contributed by atoms with Crippen LogP contribution in [0.5, 0.6) is 5.75 Å². The first kappa shape index (κ1) is 9.22. The fourth-order valence-electron chi connectivity index (χ4n) is 1.33. The van der Waals surface area contributed by atoms with Gasteiger partial charge >= 0.3 is 0 Å². The monoisotopic (exact) mass is 196 g/mol. The van der Waals surface area contributed by atoms with Crippen molar-refractivity contribution in [3.05, 3.63) is 48.2 Å². The molecule has 0 bridgehead atoms. The fraction of sp³-hybridized carbons (Fsp3) is 0. The number of pyridine rings is 1. The van der Waals surface area contributed by atoms with E-state index in [0.29, 0.717) is 16.8 Å². The molecule has 1 aromatic carbocycles. The Labute approximate surface area is 87.3 Å². The van der Waals surface area contributed by atoms with Crippen LogP contribution in [0.25, 0.3) is 11.3 Å². The number of phenols is 1. The third-order valence-electron chi connectivity index (χ3n) is 2.07.